The van der Waals surface area contributed by atoms with Gasteiger partial charge in [-0.25, -0.2) is 0 Å². The van der Waals surface area contributed by atoms with Crippen molar-refractivity contribution in [3.8, 4) is 0 Å². The van der Waals surface area contributed by atoms with Gasteiger partial charge in [0.05, 0.1) is 3.79 Å². The summed E-state index contributed by atoms with van der Waals surface area (Å²) in [5.74, 6) is -0.831. The third kappa shape index (κ3) is 3.31. The van der Waals surface area contributed by atoms with Crippen molar-refractivity contribution < 1.29 is 9.90 Å². The first-order valence-corrected chi connectivity index (χ1v) is 5.28. The van der Waals surface area contributed by atoms with E-state index >= 15 is 0 Å². The lowest BCUT2D eigenvalue weighted by Crippen LogP contribution is -2.12. The van der Waals surface area contributed by atoms with Gasteiger partial charge in [0.2, 0.25) is 0 Å². The summed E-state index contributed by atoms with van der Waals surface area (Å²) in [4.78, 5) is 21.2. The van der Waals surface area contributed by atoms with Crippen molar-refractivity contribution in [2.24, 2.45) is 0 Å². The summed E-state index contributed by atoms with van der Waals surface area (Å²) in [6, 6.07) is 0. The molecule has 0 unspecified atom stereocenters. The molecule has 72 valence electrons. The molecule has 0 aromatic carbocycles. The third-order valence-corrected chi connectivity index (χ3v) is 2.87. The van der Waals surface area contributed by atoms with E-state index in [-0.39, 0.29) is 11.3 Å². The molecule has 0 bridgehead atoms. The van der Waals surface area contributed by atoms with Crippen LogP contribution in [0.1, 0.15) is 12.8 Å². The number of rotatable bonds is 4. The number of aromatic nitrogens is 1. The Hall–Kier alpha value is -0.620. The van der Waals surface area contributed by atoms with E-state index in [2.05, 4.69) is 15.9 Å². The quantitative estimate of drug-likeness (QED) is 0.899. The minimum Gasteiger partial charge on any atom is -0.481 e. The second-order valence-corrected chi connectivity index (χ2v) is 4.86. The Kier molecular flexibility index (Phi) is 3.68. The van der Waals surface area contributed by atoms with Crippen molar-refractivity contribution in [3.05, 3.63) is 19.7 Å². The molecule has 0 fully saturated rings. The molecule has 1 aromatic heterocycles. The minimum absolute atomic E-state index is 0.0581. The van der Waals surface area contributed by atoms with E-state index in [0.29, 0.717) is 13.0 Å². The molecule has 0 atom stereocenters. The molecule has 13 heavy (non-hydrogen) atoms. The number of aliphatic carboxylic acids is 1. The highest BCUT2D eigenvalue weighted by molar-refractivity contribution is 9.11. The van der Waals surface area contributed by atoms with Gasteiger partial charge in [0.1, 0.15) is 0 Å². The minimum atomic E-state index is -0.831. The summed E-state index contributed by atoms with van der Waals surface area (Å²) < 4.78 is 2.28. The van der Waals surface area contributed by atoms with E-state index in [1.165, 1.54) is 4.57 Å². The monoisotopic (exact) mass is 265 g/mol. The first kappa shape index (κ1) is 10.5. The number of aryl methyl sites for hydroxylation is 1. The number of nitrogens with zero attached hydrogens (tertiary/aromatic N) is 1. The first-order chi connectivity index (χ1) is 6.09. The van der Waals surface area contributed by atoms with Crippen LogP contribution in [0.3, 0.4) is 0 Å². The lowest BCUT2D eigenvalue weighted by Gasteiger charge is -1.97. The Morgan fingerprint density at radius 1 is 1.69 bits per heavy atom. The maximum atomic E-state index is 11.1. The molecule has 0 saturated heterocycles. The summed E-state index contributed by atoms with van der Waals surface area (Å²) in [6.45, 7) is 0.466. The summed E-state index contributed by atoms with van der Waals surface area (Å²) in [6.07, 6.45) is 2.26. The van der Waals surface area contributed by atoms with Gasteiger partial charge in [-0.1, -0.05) is 11.3 Å². The van der Waals surface area contributed by atoms with Gasteiger partial charge >= 0.3 is 10.8 Å². The molecule has 0 radical (unpaired) electrons. The van der Waals surface area contributed by atoms with E-state index in [1.807, 2.05) is 0 Å². The molecule has 0 aliphatic carbocycles. The Labute approximate surface area is 86.9 Å². The fourth-order valence-electron chi connectivity index (χ4n) is 0.900. The number of hydrogen-bond donors (Lipinski definition) is 1. The molecule has 0 aliphatic rings. The Balaban J connectivity index is 2.50. The molecular weight excluding hydrogens is 258 g/mol. The Bertz CT molecular complexity index is 357. The van der Waals surface area contributed by atoms with E-state index in [9.17, 15) is 9.59 Å². The van der Waals surface area contributed by atoms with E-state index < -0.39 is 5.97 Å². The van der Waals surface area contributed by atoms with Crippen LogP contribution in [0.25, 0.3) is 0 Å². The number of halogens is 1. The second kappa shape index (κ2) is 4.57. The van der Waals surface area contributed by atoms with Gasteiger partial charge in [-0.3, -0.25) is 9.59 Å². The molecule has 0 amide bonds. The van der Waals surface area contributed by atoms with Gasteiger partial charge in [0.15, 0.2) is 0 Å². The Morgan fingerprint density at radius 3 is 2.85 bits per heavy atom. The van der Waals surface area contributed by atoms with Gasteiger partial charge in [-0.2, -0.15) is 0 Å². The van der Waals surface area contributed by atoms with Crippen LogP contribution in [0.15, 0.2) is 14.8 Å². The summed E-state index contributed by atoms with van der Waals surface area (Å²) in [5.41, 5.74) is 0. The van der Waals surface area contributed by atoms with Gasteiger partial charge in [-0.15, -0.1) is 0 Å². The fraction of sp³-hybridized carbons (Fsp3) is 0.429. The average Bonchev–Trinajstić information content (AvgIpc) is 2.29. The van der Waals surface area contributed by atoms with Crippen LogP contribution in [0.5, 0.6) is 0 Å². The van der Waals surface area contributed by atoms with Crippen molar-refractivity contribution >= 4 is 33.2 Å². The zero-order valence-corrected chi connectivity index (χ0v) is 9.10. The summed E-state index contributed by atoms with van der Waals surface area (Å²) in [5, 5.41) is 8.37. The number of carboxylic acid groups (broad SMARTS) is 1. The van der Waals surface area contributed by atoms with Crippen molar-refractivity contribution in [3.63, 3.8) is 0 Å². The summed E-state index contributed by atoms with van der Waals surface area (Å²) >= 11 is 4.29. The zero-order valence-electron chi connectivity index (χ0n) is 6.70. The summed E-state index contributed by atoms with van der Waals surface area (Å²) in [7, 11) is 0. The molecule has 1 rings (SSSR count). The number of carboxylic acids is 1. The van der Waals surface area contributed by atoms with Crippen molar-refractivity contribution in [2.45, 2.75) is 19.4 Å². The molecule has 4 nitrogen and oxygen atoms in total. The predicted octanol–water partition coefficient (Wildman–Crippen LogP) is 1.54. The van der Waals surface area contributed by atoms with Crippen LogP contribution < -0.4 is 4.87 Å². The van der Waals surface area contributed by atoms with E-state index in [1.54, 1.807) is 6.20 Å². The van der Waals surface area contributed by atoms with Crippen LogP contribution in [0.2, 0.25) is 0 Å². The van der Waals surface area contributed by atoms with Gasteiger partial charge in [-0.05, 0) is 22.4 Å². The maximum Gasteiger partial charge on any atom is 0.308 e. The van der Waals surface area contributed by atoms with Crippen LogP contribution >= 0.6 is 27.3 Å². The number of thiazole rings is 1. The van der Waals surface area contributed by atoms with E-state index in [4.69, 9.17) is 5.11 Å². The standard InChI is InChI=1S/C7H8BrNO3S/c8-5-4-9(7(12)13-5)3-1-2-6(10)11/h4H,1-3H2,(H,10,11). The molecule has 1 heterocycles. The molecular formula is C7H8BrNO3S. The molecule has 6 heteroatoms. The molecule has 1 aromatic rings. The topological polar surface area (TPSA) is 59.3 Å². The first-order valence-electron chi connectivity index (χ1n) is 3.67. The predicted molar refractivity (Wildman–Crippen MR) is 53.1 cm³/mol. The zero-order chi connectivity index (χ0) is 9.84. The van der Waals surface area contributed by atoms with Crippen molar-refractivity contribution in [1.29, 1.82) is 0 Å². The molecule has 0 saturated carbocycles. The average molecular weight is 266 g/mol. The molecule has 0 aliphatic heterocycles. The molecule has 1 N–H and O–H groups in total. The SMILES string of the molecule is O=C(O)CCCn1cc(Br)sc1=O. The van der Waals surface area contributed by atoms with Crippen LogP contribution in [-0.4, -0.2) is 15.6 Å². The highest BCUT2D eigenvalue weighted by Gasteiger charge is 2.02. The van der Waals surface area contributed by atoms with E-state index in [0.717, 1.165) is 15.1 Å². The maximum absolute atomic E-state index is 11.1. The Morgan fingerprint density at radius 2 is 2.38 bits per heavy atom. The van der Waals surface area contributed by atoms with Gasteiger partial charge in [0.25, 0.3) is 0 Å². The highest BCUT2D eigenvalue weighted by atomic mass is 79.9. The van der Waals surface area contributed by atoms with Gasteiger partial charge < -0.3 is 9.67 Å². The molecule has 0 spiro atoms. The lowest BCUT2D eigenvalue weighted by atomic mass is 10.3. The normalized spacial score (nSPS) is 10.2. The van der Waals surface area contributed by atoms with Crippen LogP contribution in [-0.2, 0) is 11.3 Å². The third-order valence-electron chi connectivity index (χ3n) is 1.47. The van der Waals surface area contributed by atoms with Crippen molar-refractivity contribution in [2.75, 3.05) is 0 Å². The van der Waals surface area contributed by atoms with Crippen LogP contribution in [0, 0.1) is 0 Å². The van der Waals surface area contributed by atoms with Crippen molar-refractivity contribution in [1.82, 2.24) is 4.57 Å². The number of carbonyl (C=O) groups is 1. The lowest BCUT2D eigenvalue weighted by molar-refractivity contribution is -0.137. The number of hydrogen-bond acceptors (Lipinski definition) is 3. The highest BCUT2D eigenvalue weighted by Crippen LogP contribution is 2.12. The second-order valence-electron chi connectivity index (χ2n) is 2.49. The smallest absolute Gasteiger partial charge is 0.308 e. The van der Waals surface area contributed by atoms with Gasteiger partial charge in [0, 0.05) is 19.2 Å². The fourth-order valence-corrected chi connectivity index (χ4v) is 2.17. The largest absolute Gasteiger partial charge is 0.481 e. The van der Waals surface area contributed by atoms with Crippen LogP contribution in [0.4, 0.5) is 0 Å².